The number of carbonyl (C=O) groups is 1. The molecule has 0 unspecified atom stereocenters. The Hall–Kier alpha value is -1.92. The van der Waals surface area contributed by atoms with Crippen LogP contribution in [0.15, 0.2) is 36.2 Å². The van der Waals surface area contributed by atoms with Crippen LogP contribution >= 0.6 is 0 Å². The van der Waals surface area contributed by atoms with Gasteiger partial charge in [-0.15, -0.1) is 0 Å². The van der Waals surface area contributed by atoms with Crippen molar-refractivity contribution in [3.05, 3.63) is 41.7 Å². The summed E-state index contributed by atoms with van der Waals surface area (Å²) in [5, 5.41) is 11.6. The normalized spacial score (nSPS) is 41.8. The number of aliphatic hydroxyl groups is 1. The second kappa shape index (κ2) is 6.56. The van der Waals surface area contributed by atoms with Crippen LogP contribution in [0.4, 0.5) is 0 Å². The summed E-state index contributed by atoms with van der Waals surface area (Å²) in [5.74, 6) is 9.36. The molecule has 146 valence electrons. The molecule has 3 heteroatoms. The van der Waals surface area contributed by atoms with Crippen LogP contribution in [-0.4, -0.2) is 21.5 Å². The summed E-state index contributed by atoms with van der Waals surface area (Å²) in [7, 11) is 0. The topological polar surface area (TPSA) is 50.2 Å². The first-order chi connectivity index (χ1) is 13.5. The molecular formula is C25H29NO2. The lowest BCUT2D eigenvalue weighted by Gasteiger charge is -2.54. The summed E-state index contributed by atoms with van der Waals surface area (Å²) in [6, 6.07) is 3.81. The molecule has 0 radical (unpaired) electrons. The molecule has 0 bridgehead atoms. The van der Waals surface area contributed by atoms with Crippen molar-refractivity contribution in [3.63, 3.8) is 0 Å². The maximum absolute atomic E-state index is 11.9. The van der Waals surface area contributed by atoms with Gasteiger partial charge in [0.15, 0.2) is 5.78 Å². The van der Waals surface area contributed by atoms with Gasteiger partial charge in [0.1, 0.15) is 5.60 Å². The lowest BCUT2D eigenvalue weighted by atomic mass is 9.50. The Morgan fingerprint density at radius 3 is 2.71 bits per heavy atom. The summed E-state index contributed by atoms with van der Waals surface area (Å²) in [4.78, 5) is 15.9. The number of rotatable bonds is 0. The highest BCUT2D eigenvalue weighted by atomic mass is 16.3. The number of fused-ring (bicyclic) bond motifs is 5. The van der Waals surface area contributed by atoms with Gasteiger partial charge in [0, 0.05) is 29.8 Å². The van der Waals surface area contributed by atoms with Crippen LogP contribution in [0.3, 0.4) is 0 Å². The minimum Gasteiger partial charge on any atom is -0.377 e. The van der Waals surface area contributed by atoms with E-state index in [9.17, 15) is 9.90 Å². The Kier molecular flexibility index (Phi) is 4.25. The van der Waals surface area contributed by atoms with Crippen LogP contribution < -0.4 is 0 Å². The van der Waals surface area contributed by atoms with Crippen LogP contribution in [-0.2, 0) is 4.79 Å². The first-order valence-corrected chi connectivity index (χ1v) is 10.9. The van der Waals surface area contributed by atoms with E-state index in [4.69, 9.17) is 0 Å². The van der Waals surface area contributed by atoms with E-state index in [2.05, 4.69) is 23.7 Å². The molecule has 0 saturated heterocycles. The van der Waals surface area contributed by atoms with E-state index in [-0.39, 0.29) is 5.41 Å². The minimum absolute atomic E-state index is 0.125. The molecule has 3 saturated carbocycles. The Labute approximate surface area is 167 Å². The number of hydrogen-bond donors (Lipinski definition) is 1. The monoisotopic (exact) mass is 375 g/mol. The van der Waals surface area contributed by atoms with Crippen molar-refractivity contribution in [1.29, 1.82) is 0 Å². The molecular weight excluding hydrogens is 346 g/mol. The van der Waals surface area contributed by atoms with Crippen molar-refractivity contribution in [1.82, 2.24) is 4.98 Å². The van der Waals surface area contributed by atoms with Crippen LogP contribution in [0.2, 0.25) is 0 Å². The fourth-order valence-corrected chi connectivity index (χ4v) is 7.01. The third kappa shape index (κ3) is 2.69. The molecule has 28 heavy (non-hydrogen) atoms. The third-order valence-corrected chi connectivity index (χ3v) is 8.55. The van der Waals surface area contributed by atoms with Gasteiger partial charge in [-0.2, -0.15) is 0 Å². The molecule has 0 aliphatic heterocycles. The van der Waals surface area contributed by atoms with Gasteiger partial charge < -0.3 is 5.11 Å². The Morgan fingerprint density at radius 2 is 1.89 bits per heavy atom. The molecule has 0 spiro atoms. The van der Waals surface area contributed by atoms with Gasteiger partial charge in [-0.25, -0.2) is 0 Å². The molecule has 1 aromatic heterocycles. The van der Waals surface area contributed by atoms with Crippen molar-refractivity contribution in [2.45, 2.75) is 63.9 Å². The largest absolute Gasteiger partial charge is 0.377 e. The Bertz CT molecular complexity index is 879. The van der Waals surface area contributed by atoms with Gasteiger partial charge in [-0.05, 0) is 86.8 Å². The summed E-state index contributed by atoms with van der Waals surface area (Å²) >= 11 is 0. The fourth-order valence-electron chi connectivity index (χ4n) is 7.01. The smallest absolute Gasteiger partial charge is 0.155 e. The van der Waals surface area contributed by atoms with Crippen molar-refractivity contribution >= 4 is 5.78 Å². The minimum atomic E-state index is -0.898. The maximum atomic E-state index is 11.9. The molecule has 1 heterocycles. The first-order valence-electron chi connectivity index (χ1n) is 10.9. The van der Waals surface area contributed by atoms with E-state index >= 15 is 0 Å². The zero-order valence-electron chi connectivity index (χ0n) is 16.7. The van der Waals surface area contributed by atoms with E-state index in [1.807, 2.05) is 18.2 Å². The average molecular weight is 376 g/mol. The second-order valence-corrected chi connectivity index (χ2v) is 9.64. The summed E-state index contributed by atoms with van der Waals surface area (Å²) in [6.07, 6.45) is 13.5. The van der Waals surface area contributed by atoms with Gasteiger partial charge in [0.25, 0.3) is 0 Å². The molecule has 3 fully saturated rings. The highest BCUT2D eigenvalue weighted by Crippen LogP contribution is 2.64. The van der Waals surface area contributed by atoms with E-state index in [1.165, 1.54) is 12.0 Å². The molecule has 1 N–H and O–H groups in total. The van der Waals surface area contributed by atoms with Crippen molar-refractivity contribution < 1.29 is 9.90 Å². The Balaban J connectivity index is 1.42. The predicted molar refractivity (Wildman–Crippen MR) is 108 cm³/mol. The number of hydrogen-bond acceptors (Lipinski definition) is 3. The van der Waals surface area contributed by atoms with Gasteiger partial charge in [-0.1, -0.05) is 24.3 Å². The van der Waals surface area contributed by atoms with E-state index in [0.29, 0.717) is 29.5 Å². The summed E-state index contributed by atoms with van der Waals surface area (Å²) in [5.41, 5.74) is 1.32. The van der Waals surface area contributed by atoms with Crippen molar-refractivity contribution in [2.24, 2.45) is 29.1 Å². The zero-order valence-corrected chi connectivity index (χ0v) is 16.7. The van der Waals surface area contributed by atoms with Crippen molar-refractivity contribution in [3.8, 4) is 11.8 Å². The molecule has 4 aliphatic carbocycles. The Morgan fingerprint density at radius 1 is 1.07 bits per heavy atom. The third-order valence-electron chi connectivity index (χ3n) is 8.55. The highest BCUT2D eigenvalue weighted by Gasteiger charge is 2.62. The predicted octanol–water partition coefficient (Wildman–Crippen LogP) is 4.31. The molecule has 0 amide bonds. The number of pyridine rings is 1. The molecule has 1 aromatic rings. The fraction of sp³-hybridized carbons (Fsp3) is 0.600. The van der Waals surface area contributed by atoms with Crippen LogP contribution in [0.1, 0.15) is 63.9 Å². The SMILES string of the molecule is C[C@]12CC[C@@H]3[C@@H](CCC4=CC(=O)CC[C@@H]43)[C@H]1CC[C@]2(O)C#Cc1ccncc1. The zero-order chi connectivity index (χ0) is 19.4. The number of aromatic nitrogens is 1. The van der Waals surface area contributed by atoms with Gasteiger partial charge in [-0.3, -0.25) is 9.78 Å². The average Bonchev–Trinajstić information content (AvgIpc) is 2.98. The van der Waals surface area contributed by atoms with Gasteiger partial charge in [0.05, 0.1) is 0 Å². The number of allylic oxidation sites excluding steroid dienone is 1. The van der Waals surface area contributed by atoms with Gasteiger partial charge in [0.2, 0.25) is 0 Å². The van der Waals surface area contributed by atoms with Gasteiger partial charge >= 0.3 is 0 Å². The lowest BCUT2D eigenvalue weighted by molar-refractivity contribution is -0.116. The van der Waals surface area contributed by atoms with E-state index in [1.54, 1.807) is 12.4 Å². The van der Waals surface area contributed by atoms with Crippen LogP contribution in [0.5, 0.6) is 0 Å². The standard InChI is InChI=1S/C25H29NO2/c1-24-11-7-21-20-5-3-19(27)16-18(20)2-4-22(21)23(24)8-13-25(24,28)12-6-17-9-14-26-15-10-17/h9-10,14-16,20-23,28H,2-5,7-8,11,13H2,1H3/t20-,21-,22+,23+,24-,25+/m0/s1. The molecule has 3 nitrogen and oxygen atoms in total. The van der Waals surface area contributed by atoms with E-state index in [0.717, 1.165) is 50.5 Å². The quantitative estimate of drug-likeness (QED) is 0.688. The van der Waals surface area contributed by atoms with E-state index < -0.39 is 5.60 Å². The lowest BCUT2D eigenvalue weighted by Crippen LogP contribution is -2.52. The molecule has 4 aliphatic rings. The van der Waals surface area contributed by atoms with Crippen LogP contribution in [0, 0.1) is 40.9 Å². The summed E-state index contributed by atoms with van der Waals surface area (Å²) in [6.45, 7) is 2.29. The molecule has 6 atom stereocenters. The molecule has 0 aromatic carbocycles. The maximum Gasteiger partial charge on any atom is 0.155 e. The summed E-state index contributed by atoms with van der Waals surface area (Å²) < 4.78 is 0. The van der Waals surface area contributed by atoms with Crippen molar-refractivity contribution in [2.75, 3.05) is 0 Å². The number of carbonyl (C=O) groups excluding carboxylic acids is 1. The number of nitrogens with zero attached hydrogens (tertiary/aromatic N) is 1. The second-order valence-electron chi connectivity index (χ2n) is 9.64. The molecule has 5 rings (SSSR count). The van der Waals surface area contributed by atoms with Crippen LogP contribution in [0.25, 0.3) is 0 Å². The highest BCUT2D eigenvalue weighted by molar-refractivity contribution is 5.91. The first kappa shape index (κ1) is 18.1. The number of ketones is 1.